The molecule has 186 valence electrons. The Labute approximate surface area is 202 Å². The van der Waals surface area contributed by atoms with Gasteiger partial charge in [0.05, 0.1) is 47.8 Å². The topological polar surface area (TPSA) is 0 Å². The van der Waals surface area contributed by atoms with Crippen molar-refractivity contribution >= 4 is 5.69 Å². The maximum Gasteiger partial charge on any atom is 0.139 e. The Morgan fingerprint density at radius 3 is 1.62 bits per heavy atom. The van der Waals surface area contributed by atoms with Crippen LogP contribution in [-0.4, -0.2) is 52.3 Å². The van der Waals surface area contributed by atoms with E-state index in [1.807, 2.05) is 0 Å². The van der Waals surface area contributed by atoms with Crippen LogP contribution in [0, 0.1) is 0 Å². The van der Waals surface area contributed by atoms with Gasteiger partial charge in [-0.05, 0) is 32.1 Å². The van der Waals surface area contributed by atoms with Crippen molar-refractivity contribution in [3.63, 3.8) is 0 Å². The third-order valence-corrected chi connectivity index (χ3v) is 7.36. The molecule has 0 aliphatic rings. The molecular formula is C30H58N2+2. The second-order valence-corrected chi connectivity index (χ2v) is 11.4. The minimum atomic E-state index is 1.04. The quantitative estimate of drug-likeness (QED) is 0.148. The fourth-order valence-electron chi connectivity index (χ4n) is 5.16. The third-order valence-electron chi connectivity index (χ3n) is 7.36. The van der Waals surface area contributed by atoms with Crippen LogP contribution in [0.3, 0.4) is 0 Å². The molecule has 2 heteroatoms. The first-order chi connectivity index (χ1) is 15.3. The molecule has 0 aliphatic heterocycles. The first-order valence-corrected chi connectivity index (χ1v) is 14.0. The summed E-state index contributed by atoms with van der Waals surface area (Å²) < 4.78 is 2.19. The fourth-order valence-corrected chi connectivity index (χ4v) is 5.16. The van der Waals surface area contributed by atoms with Crippen molar-refractivity contribution in [2.24, 2.45) is 0 Å². The van der Waals surface area contributed by atoms with Crippen molar-refractivity contribution in [3.8, 4) is 0 Å². The maximum atomic E-state index is 2.44. The van der Waals surface area contributed by atoms with Crippen molar-refractivity contribution in [2.45, 2.75) is 111 Å². The molecule has 2 nitrogen and oxygen atoms in total. The Hall–Kier alpha value is -0.860. The first kappa shape index (κ1) is 29.2. The van der Waals surface area contributed by atoms with Crippen LogP contribution in [-0.2, 0) is 12.8 Å². The molecule has 1 rings (SSSR count). The van der Waals surface area contributed by atoms with Gasteiger partial charge in [-0.25, -0.2) is 0 Å². The number of quaternary nitrogens is 2. The van der Waals surface area contributed by atoms with Crippen molar-refractivity contribution in [3.05, 3.63) is 29.3 Å². The summed E-state index contributed by atoms with van der Waals surface area (Å²) in [5.41, 5.74) is 4.76. The van der Waals surface area contributed by atoms with E-state index >= 15 is 0 Å². The summed E-state index contributed by atoms with van der Waals surface area (Å²) in [4.78, 5) is 0. The Balaban J connectivity index is 2.70. The molecule has 0 aliphatic carbocycles. The number of hydrogen-bond acceptors (Lipinski definition) is 0. The molecule has 0 saturated carbocycles. The summed E-state index contributed by atoms with van der Waals surface area (Å²) in [6.07, 6.45) is 19.0. The van der Waals surface area contributed by atoms with E-state index in [-0.39, 0.29) is 0 Å². The van der Waals surface area contributed by atoms with E-state index in [2.05, 4.69) is 67.2 Å². The molecule has 0 N–H and O–H groups in total. The molecule has 0 unspecified atom stereocenters. The normalized spacial score (nSPS) is 12.5. The number of unbranched alkanes of at least 4 members (excludes halogenated alkanes) is 10. The Bertz CT molecular complexity index is 603. The van der Waals surface area contributed by atoms with Gasteiger partial charge in [0.1, 0.15) is 5.69 Å². The molecule has 1 aromatic carbocycles. The minimum absolute atomic E-state index is 1.04. The number of benzene rings is 1. The van der Waals surface area contributed by atoms with Crippen LogP contribution in [0.1, 0.15) is 109 Å². The molecule has 0 fully saturated rings. The lowest BCUT2D eigenvalue weighted by Gasteiger charge is -2.34. The van der Waals surface area contributed by atoms with Gasteiger partial charge in [0.2, 0.25) is 0 Å². The predicted molar refractivity (Wildman–Crippen MR) is 147 cm³/mol. The number of hydrogen-bond donors (Lipinski definition) is 0. The monoisotopic (exact) mass is 446 g/mol. The van der Waals surface area contributed by atoms with Gasteiger partial charge in [-0.1, -0.05) is 90.3 Å². The summed E-state index contributed by atoms with van der Waals surface area (Å²) in [6.45, 7) is 10.7. The van der Waals surface area contributed by atoms with E-state index in [4.69, 9.17) is 0 Å². The molecule has 0 heterocycles. The smallest absolute Gasteiger partial charge is 0.139 e. The SMILES string of the molecule is CCCCCCCC[N+](C)(C)CCc1cccc(CC)c1[N+](C)(C)CCCCCCCC. The molecule has 0 atom stereocenters. The number of rotatable bonds is 19. The molecule has 0 saturated heterocycles. The van der Waals surface area contributed by atoms with Crippen molar-refractivity contribution in [2.75, 3.05) is 47.8 Å². The highest BCUT2D eigenvalue weighted by molar-refractivity contribution is 5.56. The molecule has 0 radical (unpaired) electrons. The fraction of sp³-hybridized carbons (Fsp3) is 0.800. The van der Waals surface area contributed by atoms with E-state index in [0.717, 1.165) is 15.4 Å². The number of nitrogens with zero attached hydrogens (tertiary/aromatic N) is 2. The Morgan fingerprint density at radius 2 is 1.06 bits per heavy atom. The maximum absolute atomic E-state index is 2.44. The number of likely N-dealkylation sites (N-methyl/N-ethyl adjacent to an activating group) is 1. The third kappa shape index (κ3) is 11.3. The second-order valence-electron chi connectivity index (χ2n) is 11.4. The highest BCUT2D eigenvalue weighted by Crippen LogP contribution is 2.31. The minimum Gasteiger partial charge on any atom is -0.328 e. The lowest BCUT2D eigenvalue weighted by molar-refractivity contribution is -0.890. The van der Waals surface area contributed by atoms with Gasteiger partial charge in [0.15, 0.2) is 0 Å². The molecular weight excluding hydrogens is 388 g/mol. The highest BCUT2D eigenvalue weighted by atomic mass is 15.3. The number of para-hydroxylation sites is 1. The van der Waals surface area contributed by atoms with E-state index in [1.54, 1.807) is 16.8 Å². The zero-order valence-electron chi connectivity index (χ0n) is 23.1. The van der Waals surface area contributed by atoms with Crippen LogP contribution >= 0.6 is 0 Å². The standard InChI is InChI=1S/C30H58N2/c1-8-11-13-15-17-19-25-31(4,5)27-24-29-23-21-22-28(10-3)30(29)32(6,7)26-20-18-16-14-12-9-2/h21-23H,8-20,24-27H2,1-7H3/q+2. The molecule has 0 spiro atoms. The van der Waals surface area contributed by atoms with Crippen LogP contribution in [0.15, 0.2) is 18.2 Å². The highest BCUT2D eigenvalue weighted by Gasteiger charge is 2.27. The van der Waals surface area contributed by atoms with Gasteiger partial charge >= 0.3 is 0 Å². The summed E-state index contributed by atoms with van der Waals surface area (Å²) in [7, 11) is 9.76. The van der Waals surface area contributed by atoms with Gasteiger partial charge in [0.25, 0.3) is 0 Å². The predicted octanol–water partition coefficient (Wildman–Crippen LogP) is 8.16. The van der Waals surface area contributed by atoms with Gasteiger partial charge in [0, 0.05) is 17.5 Å². The molecule has 0 bridgehead atoms. The van der Waals surface area contributed by atoms with E-state index in [1.165, 1.54) is 103 Å². The lowest BCUT2D eigenvalue weighted by atomic mass is 9.99. The van der Waals surface area contributed by atoms with Gasteiger partial charge in [-0.2, -0.15) is 0 Å². The summed E-state index contributed by atoms with van der Waals surface area (Å²) in [5, 5.41) is 0. The zero-order chi connectivity index (χ0) is 23.9. The van der Waals surface area contributed by atoms with Crippen LogP contribution in [0.25, 0.3) is 0 Å². The van der Waals surface area contributed by atoms with Crippen molar-refractivity contribution < 1.29 is 4.48 Å². The number of aryl methyl sites for hydroxylation is 1. The zero-order valence-corrected chi connectivity index (χ0v) is 23.1. The Kier molecular flexibility index (Phi) is 14.5. The van der Waals surface area contributed by atoms with Crippen LogP contribution in [0.4, 0.5) is 5.69 Å². The second kappa shape index (κ2) is 15.9. The van der Waals surface area contributed by atoms with Gasteiger partial charge in [-0.15, -0.1) is 0 Å². The summed E-state index contributed by atoms with van der Waals surface area (Å²) in [6, 6.07) is 7.09. The lowest BCUT2D eigenvalue weighted by Crippen LogP contribution is -2.44. The first-order valence-electron chi connectivity index (χ1n) is 14.0. The average molecular weight is 447 g/mol. The largest absolute Gasteiger partial charge is 0.328 e. The van der Waals surface area contributed by atoms with Gasteiger partial charge in [-0.3, -0.25) is 4.48 Å². The van der Waals surface area contributed by atoms with E-state index in [0.29, 0.717) is 0 Å². The van der Waals surface area contributed by atoms with Crippen molar-refractivity contribution in [1.29, 1.82) is 0 Å². The summed E-state index contributed by atoms with van der Waals surface area (Å²) >= 11 is 0. The van der Waals surface area contributed by atoms with Crippen LogP contribution in [0.2, 0.25) is 0 Å². The van der Waals surface area contributed by atoms with E-state index < -0.39 is 0 Å². The Morgan fingerprint density at radius 1 is 0.562 bits per heavy atom. The molecule has 32 heavy (non-hydrogen) atoms. The molecule has 1 aromatic rings. The molecule has 0 aromatic heterocycles. The average Bonchev–Trinajstić information content (AvgIpc) is 2.76. The van der Waals surface area contributed by atoms with Crippen molar-refractivity contribution in [1.82, 2.24) is 4.48 Å². The molecule has 0 amide bonds. The van der Waals surface area contributed by atoms with Gasteiger partial charge < -0.3 is 4.48 Å². The summed E-state index contributed by atoms with van der Waals surface area (Å²) in [5.74, 6) is 0. The van der Waals surface area contributed by atoms with E-state index in [9.17, 15) is 0 Å². The van der Waals surface area contributed by atoms with Crippen LogP contribution < -0.4 is 4.48 Å². The van der Waals surface area contributed by atoms with Crippen LogP contribution in [0.5, 0.6) is 0 Å².